The Balaban J connectivity index is 1.70. The van der Waals surface area contributed by atoms with Gasteiger partial charge < -0.3 is 9.64 Å². The van der Waals surface area contributed by atoms with E-state index in [2.05, 4.69) is 0 Å². The highest BCUT2D eigenvalue weighted by Gasteiger charge is 2.37. The Labute approximate surface area is 187 Å². The lowest BCUT2D eigenvalue weighted by molar-refractivity contribution is -0.141. The number of esters is 1. The normalized spacial score (nSPS) is 20.2. The topological polar surface area (TPSA) is 118 Å². The first-order valence-electron chi connectivity index (χ1n) is 10.8. The van der Waals surface area contributed by atoms with Gasteiger partial charge in [-0.25, -0.2) is 13.2 Å². The number of benzene rings is 1. The van der Waals surface area contributed by atoms with E-state index in [1.165, 1.54) is 34.9 Å². The van der Waals surface area contributed by atoms with Crippen LogP contribution in [0.25, 0.3) is 0 Å². The predicted octanol–water partition coefficient (Wildman–Crippen LogP) is 1.66. The van der Waals surface area contributed by atoms with Crippen LogP contribution in [0.2, 0.25) is 0 Å². The molecule has 0 N–H and O–H groups in total. The third kappa shape index (κ3) is 4.69. The standard InChI is InChI=1S/C22H28N2O7S/c1-4-6-10-24-20(26)17-8-7-15(12-18(17)21(24)27)22(28)31-14(3)19(25)23(5-2)16-9-11-32(29,30)13-16/h7-8,12,14,16H,4-6,9-11,13H2,1-3H3. The molecule has 3 amide bonds. The third-order valence-corrected chi connectivity index (χ3v) is 7.60. The van der Waals surface area contributed by atoms with Crippen molar-refractivity contribution in [1.82, 2.24) is 9.80 Å². The Morgan fingerprint density at radius 1 is 1.19 bits per heavy atom. The average Bonchev–Trinajstić information content (AvgIpc) is 3.23. The molecule has 10 heteroatoms. The molecule has 2 unspecified atom stereocenters. The molecule has 2 aliphatic rings. The number of likely N-dealkylation sites (N-methyl/N-ethyl adjacent to an activating group) is 1. The molecule has 0 radical (unpaired) electrons. The summed E-state index contributed by atoms with van der Waals surface area (Å²) in [5, 5.41) is 0. The van der Waals surface area contributed by atoms with Crippen LogP contribution in [0.4, 0.5) is 0 Å². The lowest BCUT2D eigenvalue weighted by Crippen LogP contribution is -2.46. The van der Waals surface area contributed by atoms with Crippen molar-refractivity contribution in [2.45, 2.75) is 52.2 Å². The van der Waals surface area contributed by atoms with E-state index in [1.54, 1.807) is 6.92 Å². The number of amides is 3. The van der Waals surface area contributed by atoms with Crippen LogP contribution in [-0.4, -0.2) is 78.6 Å². The molecule has 0 aromatic heterocycles. The number of hydrogen-bond acceptors (Lipinski definition) is 7. The summed E-state index contributed by atoms with van der Waals surface area (Å²) in [4.78, 5) is 53.1. The van der Waals surface area contributed by atoms with E-state index in [0.29, 0.717) is 25.9 Å². The highest BCUT2D eigenvalue weighted by molar-refractivity contribution is 7.91. The molecule has 0 bridgehead atoms. The summed E-state index contributed by atoms with van der Waals surface area (Å²) in [6.45, 7) is 5.74. The lowest BCUT2D eigenvalue weighted by atomic mass is 10.1. The van der Waals surface area contributed by atoms with Crippen LogP contribution < -0.4 is 0 Å². The maximum absolute atomic E-state index is 12.8. The highest BCUT2D eigenvalue weighted by Crippen LogP contribution is 2.25. The molecule has 9 nitrogen and oxygen atoms in total. The van der Waals surface area contributed by atoms with Crippen LogP contribution in [0.15, 0.2) is 18.2 Å². The van der Waals surface area contributed by atoms with E-state index >= 15 is 0 Å². The predicted molar refractivity (Wildman–Crippen MR) is 116 cm³/mol. The number of ether oxygens (including phenoxy) is 1. The van der Waals surface area contributed by atoms with Gasteiger partial charge in [0, 0.05) is 19.1 Å². The summed E-state index contributed by atoms with van der Waals surface area (Å²) in [5.74, 6) is -2.16. The first kappa shape index (κ1) is 23.9. The highest BCUT2D eigenvalue weighted by atomic mass is 32.2. The molecule has 1 fully saturated rings. The van der Waals surface area contributed by atoms with E-state index in [4.69, 9.17) is 4.74 Å². The van der Waals surface area contributed by atoms with Gasteiger partial charge in [0.25, 0.3) is 17.7 Å². The van der Waals surface area contributed by atoms with Gasteiger partial charge in [0.2, 0.25) is 0 Å². The van der Waals surface area contributed by atoms with Gasteiger partial charge in [-0.15, -0.1) is 0 Å². The second kappa shape index (κ2) is 9.40. The third-order valence-electron chi connectivity index (χ3n) is 5.85. The monoisotopic (exact) mass is 464 g/mol. The molecular weight excluding hydrogens is 436 g/mol. The fourth-order valence-electron chi connectivity index (χ4n) is 4.06. The Kier molecular flexibility index (Phi) is 7.02. The zero-order chi connectivity index (χ0) is 23.6. The van der Waals surface area contributed by atoms with Gasteiger partial charge in [-0.05, 0) is 44.9 Å². The lowest BCUT2D eigenvalue weighted by Gasteiger charge is -2.29. The minimum absolute atomic E-state index is 0.0345. The van der Waals surface area contributed by atoms with Crippen molar-refractivity contribution in [3.8, 4) is 0 Å². The van der Waals surface area contributed by atoms with Crippen molar-refractivity contribution in [1.29, 1.82) is 0 Å². The Morgan fingerprint density at radius 2 is 1.88 bits per heavy atom. The fourth-order valence-corrected chi connectivity index (χ4v) is 5.80. The van der Waals surface area contributed by atoms with Crippen molar-refractivity contribution in [3.63, 3.8) is 0 Å². The number of carbonyl (C=O) groups is 4. The second-order valence-electron chi connectivity index (χ2n) is 8.10. The van der Waals surface area contributed by atoms with Crippen molar-refractivity contribution in [3.05, 3.63) is 34.9 Å². The maximum Gasteiger partial charge on any atom is 0.338 e. The molecule has 1 aromatic rings. The van der Waals surface area contributed by atoms with Gasteiger partial charge in [0.05, 0.1) is 28.2 Å². The molecule has 1 aromatic carbocycles. The van der Waals surface area contributed by atoms with Crippen LogP contribution in [0.5, 0.6) is 0 Å². The van der Waals surface area contributed by atoms with Gasteiger partial charge >= 0.3 is 5.97 Å². The van der Waals surface area contributed by atoms with Crippen LogP contribution >= 0.6 is 0 Å². The average molecular weight is 465 g/mol. The number of nitrogens with zero attached hydrogens (tertiary/aromatic N) is 2. The molecule has 0 spiro atoms. The van der Waals surface area contributed by atoms with E-state index in [9.17, 15) is 27.6 Å². The van der Waals surface area contributed by atoms with Crippen molar-refractivity contribution >= 4 is 33.5 Å². The van der Waals surface area contributed by atoms with E-state index in [1.807, 2.05) is 6.92 Å². The first-order valence-corrected chi connectivity index (χ1v) is 12.6. The second-order valence-corrected chi connectivity index (χ2v) is 10.3. The van der Waals surface area contributed by atoms with E-state index < -0.39 is 39.8 Å². The van der Waals surface area contributed by atoms with Crippen LogP contribution in [0.1, 0.15) is 71.1 Å². The number of sulfone groups is 1. The van der Waals surface area contributed by atoms with E-state index in [-0.39, 0.29) is 34.1 Å². The first-order chi connectivity index (χ1) is 15.1. The van der Waals surface area contributed by atoms with Crippen molar-refractivity contribution < 1.29 is 32.3 Å². The number of unbranched alkanes of at least 4 members (excludes halogenated alkanes) is 1. The fraction of sp³-hybridized carbons (Fsp3) is 0.545. The van der Waals surface area contributed by atoms with Gasteiger partial charge in [0.1, 0.15) is 0 Å². The number of fused-ring (bicyclic) bond motifs is 1. The van der Waals surface area contributed by atoms with Crippen LogP contribution in [-0.2, 0) is 19.4 Å². The maximum atomic E-state index is 12.8. The van der Waals surface area contributed by atoms with E-state index in [0.717, 1.165) is 6.42 Å². The molecule has 174 valence electrons. The summed E-state index contributed by atoms with van der Waals surface area (Å²) in [6, 6.07) is 3.71. The number of imide groups is 1. The Hall–Kier alpha value is -2.75. The van der Waals surface area contributed by atoms with Gasteiger partial charge in [0.15, 0.2) is 15.9 Å². The Morgan fingerprint density at radius 3 is 2.47 bits per heavy atom. The summed E-state index contributed by atoms with van der Waals surface area (Å²) >= 11 is 0. The minimum atomic E-state index is -3.17. The van der Waals surface area contributed by atoms with Crippen LogP contribution in [0.3, 0.4) is 0 Å². The zero-order valence-electron chi connectivity index (χ0n) is 18.5. The smallest absolute Gasteiger partial charge is 0.338 e. The number of hydrogen-bond donors (Lipinski definition) is 0. The summed E-state index contributed by atoms with van der Waals surface area (Å²) < 4.78 is 28.8. The molecule has 2 heterocycles. The summed E-state index contributed by atoms with van der Waals surface area (Å²) in [6.07, 6.45) is 0.754. The molecular formula is C22H28N2O7S. The zero-order valence-corrected chi connectivity index (χ0v) is 19.3. The van der Waals surface area contributed by atoms with Crippen molar-refractivity contribution in [2.24, 2.45) is 0 Å². The summed E-state index contributed by atoms with van der Waals surface area (Å²) in [7, 11) is -3.17. The minimum Gasteiger partial charge on any atom is -0.449 e. The molecule has 2 aliphatic heterocycles. The molecule has 0 aliphatic carbocycles. The SMILES string of the molecule is CCCCN1C(=O)c2ccc(C(=O)OC(C)C(=O)N(CC)C3CCS(=O)(=O)C3)cc2C1=O. The van der Waals surface area contributed by atoms with Gasteiger partial charge in [-0.3, -0.25) is 19.3 Å². The summed E-state index contributed by atoms with van der Waals surface area (Å²) in [5.41, 5.74) is 0.450. The van der Waals surface area contributed by atoms with Gasteiger partial charge in [-0.1, -0.05) is 13.3 Å². The molecule has 1 saturated heterocycles. The molecule has 32 heavy (non-hydrogen) atoms. The largest absolute Gasteiger partial charge is 0.449 e. The number of rotatable bonds is 8. The van der Waals surface area contributed by atoms with Crippen molar-refractivity contribution in [2.75, 3.05) is 24.6 Å². The number of carbonyl (C=O) groups excluding carboxylic acids is 4. The quantitative estimate of drug-likeness (QED) is 0.424. The van der Waals surface area contributed by atoms with Crippen LogP contribution in [0, 0.1) is 0 Å². The molecule has 2 atom stereocenters. The van der Waals surface area contributed by atoms with Gasteiger partial charge in [-0.2, -0.15) is 0 Å². The molecule has 3 rings (SSSR count). The Bertz CT molecular complexity index is 1050. The molecule has 0 saturated carbocycles.